The van der Waals surface area contributed by atoms with Crippen LogP contribution in [0.3, 0.4) is 0 Å². The molecule has 1 fully saturated rings. The van der Waals surface area contributed by atoms with Crippen molar-refractivity contribution in [2.75, 3.05) is 31.1 Å². The van der Waals surface area contributed by atoms with Crippen LogP contribution in [0.2, 0.25) is 0 Å². The van der Waals surface area contributed by atoms with E-state index in [0.29, 0.717) is 0 Å². The van der Waals surface area contributed by atoms with Gasteiger partial charge >= 0.3 is 5.97 Å². The molecule has 1 aliphatic heterocycles. The van der Waals surface area contributed by atoms with Gasteiger partial charge in [-0.15, -0.1) is 0 Å². The van der Waals surface area contributed by atoms with E-state index in [9.17, 15) is 4.79 Å². The van der Waals surface area contributed by atoms with Crippen molar-refractivity contribution >= 4 is 11.7 Å². The Bertz CT molecular complexity index is 482. The van der Waals surface area contributed by atoms with Gasteiger partial charge in [0.2, 0.25) is 0 Å². The highest BCUT2D eigenvalue weighted by atomic mass is 16.4. The predicted octanol–water partition coefficient (Wildman–Crippen LogP) is 0.922. The van der Waals surface area contributed by atoms with Crippen LogP contribution in [0.5, 0.6) is 0 Å². The van der Waals surface area contributed by atoms with Gasteiger partial charge in [-0.05, 0) is 18.2 Å². The van der Waals surface area contributed by atoms with E-state index in [1.807, 2.05) is 18.2 Å². The fourth-order valence-electron chi connectivity index (χ4n) is 1.93. The SMILES string of the molecule is O=C(O)CC#Cc1cccc(N2CCNCC2)c1. The van der Waals surface area contributed by atoms with Crippen molar-refractivity contribution in [2.24, 2.45) is 0 Å². The maximum absolute atomic E-state index is 10.4. The molecule has 0 aromatic heterocycles. The lowest BCUT2D eigenvalue weighted by Gasteiger charge is -2.29. The minimum atomic E-state index is -0.888. The Morgan fingerprint density at radius 2 is 2.17 bits per heavy atom. The van der Waals surface area contributed by atoms with Gasteiger partial charge in [-0.3, -0.25) is 4.79 Å². The van der Waals surface area contributed by atoms with E-state index in [2.05, 4.69) is 28.1 Å². The summed E-state index contributed by atoms with van der Waals surface area (Å²) in [5.74, 6) is 4.65. The number of piperazine rings is 1. The molecule has 0 radical (unpaired) electrons. The number of hydrogen-bond donors (Lipinski definition) is 2. The molecule has 0 bridgehead atoms. The summed E-state index contributed by atoms with van der Waals surface area (Å²) in [7, 11) is 0. The van der Waals surface area contributed by atoms with E-state index in [0.717, 1.165) is 37.4 Å². The summed E-state index contributed by atoms with van der Waals surface area (Å²) < 4.78 is 0. The van der Waals surface area contributed by atoms with Gasteiger partial charge in [0.1, 0.15) is 6.42 Å². The Hall–Kier alpha value is -1.99. The van der Waals surface area contributed by atoms with Gasteiger partial charge in [0.05, 0.1) is 0 Å². The first-order valence-corrected chi connectivity index (χ1v) is 6.02. The molecule has 0 amide bonds. The van der Waals surface area contributed by atoms with Gasteiger partial charge in [-0.2, -0.15) is 0 Å². The molecule has 4 nitrogen and oxygen atoms in total. The molecule has 1 aromatic rings. The number of anilines is 1. The summed E-state index contributed by atoms with van der Waals surface area (Å²) in [5.41, 5.74) is 2.02. The topological polar surface area (TPSA) is 52.6 Å². The normalized spacial score (nSPS) is 14.8. The van der Waals surface area contributed by atoms with Crippen LogP contribution in [0.1, 0.15) is 12.0 Å². The average molecular weight is 244 g/mol. The van der Waals surface area contributed by atoms with Crippen LogP contribution >= 0.6 is 0 Å². The number of carboxylic acids is 1. The van der Waals surface area contributed by atoms with Crippen LogP contribution in [-0.4, -0.2) is 37.3 Å². The van der Waals surface area contributed by atoms with E-state index in [-0.39, 0.29) is 6.42 Å². The van der Waals surface area contributed by atoms with Crippen LogP contribution in [0.15, 0.2) is 24.3 Å². The summed E-state index contributed by atoms with van der Waals surface area (Å²) in [6.45, 7) is 3.97. The van der Waals surface area contributed by atoms with Crippen LogP contribution in [0.4, 0.5) is 5.69 Å². The highest BCUT2D eigenvalue weighted by Gasteiger charge is 2.09. The van der Waals surface area contributed by atoms with Crippen molar-refractivity contribution in [3.8, 4) is 11.8 Å². The van der Waals surface area contributed by atoms with Crippen LogP contribution in [-0.2, 0) is 4.79 Å². The second-order valence-electron chi connectivity index (χ2n) is 4.16. The number of carbonyl (C=O) groups is 1. The second kappa shape index (κ2) is 6.08. The maximum Gasteiger partial charge on any atom is 0.315 e. The molecule has 1 aliphatic rings. The molecule has 1 aromatic carbocycles. The van der Waals surface area contributed by atoms with Crippen LogP contribution in [0.25, 0.3) is 0 Å². The summed E-state index contributed by atoms with van der Waals surface area (Å²) in [6, 6.07) is 7.94. The third-order valence-corrected chi connectivity index (χ3v) is 2.80. The summed E-state index contributed by atoms with van der Waals surface area (Å²) in [5, 5.41) is 11.8. The molecule has 0 spiro atoms. The van der Waals surface area contributed by atoms with Crippen LogP contribution < -0.4 is 10.2 Å². The first kappa shape index (κ1) is 12.5. The van der Waals surface area contributed by atoms with E-state index < -0.39 is 5.97 Å². The molecule has 18 heavy (non-hydrogen) atoms. The number of rotatable bonds is 2. The highest BCUT2D eigenvalue weighted by Crippen LogP contribution is 2.16. The molecule has 1 heterocycles. The molecule has 2 N–H and O–H groups in total. The van der Waals surface area contributed by atoms with Gasteiger partial charge in [0.15, 0.2) is 0 Å². The summed E-state index contributed by atoms with van der Waals surface area (Å²) in [6.07, 6.45) is -0.113. The molecule has 2 rings (SSSR count). The number of nitrogens with one attached hydrogen (secondary N) is 1. The molecule has 94 valence electrons. The lowest BCUT2D eigenvalue weighted by Crippen LogP contribution is -2.43. The van der Waals surface area contributed by atoms with Crippen molar-refractivity contribution in [1.29, 1.82) is 0 Å². The minimum absolute atomic E-state index is 0.113. The van der Waals surface area contributed by atoms with Gasteiger partial charge < -0.3 is 15.3 Å². The summed E-state index contributed by atoms with van der Waals surface area (Å²) >= 11 is 0. The quantitative estimate of drug-likeness (QED) is 0.760. The highest BCUT2D eigenvalue weighted by molar-refractivity contribution is 5.70. The number of benzene rings is 1. The number of aliphatic carboxylic acids is 1. The van der Waals surface area contributed by atoms with E-state index in [4.69, 9.17) is 5.11 Å². The zero-order valence-electron chi connectivity index (χ0n) is 10.1. The molecule has 0 saturated carbocycles. The molecular formula is C14H16N2O2. The van der Waals surface area contributed by atoms with Crippen molar-refractivity contribution in [1.82, 2.24) is 5.32 Å². The Balaban J connectivity index is 2.08. The lowest BCUT2D eigenvalue weighted by molar-refractivity contribution is -0.135. The number of hydrogen-bond acceptors (Lipinski definition) is 3. The Morgan fingerprint density at radius 3 is 2.89 bits per heavy atom. The number of carboxylic acid groups (broad SMARTS) is 1. The molecule has 0 atom stereocenters. The predicted molar refractivity (Wildman–Crippen MR) is 70.7 cm³/mol. The zero-order chi connectivity index (χ0) is 12.8. The minimum Gasteiger partial charge on any atom is -0.481 e. The monoisotopic (exact) mass is 244 g/mol. The fourth-order valence-corrected chi connectivity index (χ4v) is 1.93. The largest absolute Gasteiger partial charge is 0.481 e. The zero-order valence-corrected chi connectivity index (χ0v) is 10.1. The average Bonchev–Trinajstić information content (AvgIpc) is 2.40. The Labute approximate surface area is 107 Å². The molecule has 1 saturated heterocycles. The molecule has 4 heteroatoms. The van der Waals surface area contributed by atoms with E-state index >= 15 is 0 Å². The van der Waals surface area contributed by atoms with Crippen molar-refractivity contribution in [3.05, 3.63) is 29.8 Å². The smallest absolute Gasteiger partial charge is 0.315 e. The van der Waals surface area contributed by atoms with E-state index in [1.165, 1.54) is 0 Å². The van der Waals surface area contributed by atoms with Gasteiger partial charge in [-0.1, -0.05) is 17.9 Å². The maximum atomic E-state index is 10.4. The van der Waals surface area contributed by atoms with Crippen LogP contribution in [0, 0.1) is 11.8 Å². The fraction of sp³-hybridized carbons (Fsp3) is 0.357. The summed E-state index contributed by atoms with van der Waals surface area (Å²) in [4.78, 5) is 12.7. The van der Waals surface area contributed by atoms with E-state index in [1.54, 1.807) is 0 Å². The molecule has 0 aliphatic carbocycles. The first-order valence-electron chi connectivity index (χ1n) is 6.02. The first-order chi connectivity index (χ1) is 8.75. The van der Waals surface area contributed by atoms with Gasteiger partial charge in [-0.25, -0.2) is 0 Å². The standard InChI is InChI=1S/C14H16N2O2/c17-14(18)6-2-4-12-3-1-5-13(11-12)16-9-7-15-8-10-16/h1,3,5,11,15H,6-10H2,(H,17,18). The Morgan fingerprint density at radius 1 is 1.39 bits per heavy atom. The second-order valence-corrected chi connectivity index (χ2v) is 4.16. The third kappa shape index (κ3) is 3.51. The molecule has 0 unspecified atom stereocenters. The lowest BCUT2D eigenvalue weighted by atomic mass is 10.1. The van der Waals surface area contributed by atoms with Crippen molar-refractivity contribution < 1.29 is 9.90 Å². The third-order valence-electron chi connectivity index (χ3n) is 2.80. The number of nitrogens with zero attached hydrogens (tertiary/aromatic N) is 1. The Kier molecular flexibility index (Phi) is 4.21. The van der Waals surface area contributed by atoms with Crippen molar-refractivity contribution in [3.63, 3.8) is 0 Å². The van der Waals surface area contributed by atoms with Gasteiger partial charge in [0, 0.05) is 37.4 Å². The molecular weight excluding hydrogens is 228 g/mol. The van der Waals surface area contributed by atoms with Gasteiger partial charge in [0.25, 0.3) is 0 Å². The van der Waals surface area contributed by atoms with Crippen molar-refractivity contribution in [2.45, 2.75) is 6.42 Å².